The fourth-order valence-corrected chi connectivity index (χ4v) is 5.81. The Morgan fingerprint density at radius 2 is 1.73 bits per heavy atom. The van der Waals surface area contributed by atoms with Gasteiger partial charge in [-0.3, -0.25) is 0 Å². The first-order valence-electron chi connectivity index (χ1n) is 9.16. The van der Waals surface area contributed by atoms with E-state index in [-0.39, 0.29) is 4.90 Å². The molecule has 0 radical (unpaired) electrons. The van der Waals surface area contributed by atoms with Crippen LogP contribution in [0.1, 0.15) is 31.2 Å². The van der Waals surface area contributed by atoms with Crippen molar-refractivity contribution in [2.75, 3.05) is 19.6 Å². The number of hydrogen-bond donors (Lipinski definition) is 1. The summed E-state index contributed by atoms with van der Waals surface area (Å²) in [6, 6.07) is 4.16. The first kappa shape index (κ1) is 18.3. The van der Waals surface area contributed by atoms with Crippen LogP contribution in [0.15, 0.2) is 29.2 Å². The Morgan fingerprint density at radius 3 is 2.35 bits per heavy atom. The molecule has 8 heteroatoms. The summed E-state index contributed by atoms with van der Waals surface area (Å²) in [5.74, 6) is 1.43. The van der Waals surface area contributed by atoms with Crippen LogP contribution in [-0.4, -0.2) is 38.4 Å². The molecule has 4 rings (SSSR count). The second-order valence-electron chi connectivity index (χ2n) is 7.80. The lowest BCUT2D eigenvalue weighted by Gasteiger charge is -2.22. The zero-order valence-electron chi connectivity index (χ0n) is 14.4. The molecule has 4 nitrogen and oxygen atoms in total. The van der Waals surface area contributed by atoms with E-state index in [4.69, 9.17) is 0 Å². The van der Waals surface area contributed by atoms with Crippen molar-refractivity contribution in [1.82, 2.24) is 9.62 Å². The number of hydrogen-bond acceptors (Lipinski definition) is 3. The van der Waals surface area contributed by atoms with E-state index >= 15 is 0 Å². The van der Waals surface area contributed by atoms with E-state index in [1.54, 1.807) is 0 Å². The van der Waals surface area contributed by atoms with Gasteiger partial charge in [0.05, 0.1) is 10.5 Å². The van der Waals surface area contributed by atoms with Crippen LogP contribution >= 0.6 is 0 Å². The standard InChI is InChI=1S/C18H23F3N2O2S/c19-18(20,21)14-4-6-15(7-5-14)26(24,25)23-10-13-3-8-17(16(13)11-23)22-9-12-1-2-12/h4-7,12-13,16-17,22H,1-3,8-11H2. The molecule has 1 aromatic carbocycles. The van der Waals surface area contributed by atoms with Crippen molar-refractivity contribution < 1.29 is 21.6 Å². The molecule has 1 aromatic rings. The number of fused-ring (bicyclic) bond motifs is 1. The summed E-state index contributed by atoms with van der Waals surface area (Å²) in [5.41, 5.74) is -0.834. The molecule has 0 aromatic heterocycles. The van der Waals surface area contributed by atoms with Crippen molar-refractivity contribution in [3.63, 3.8) is 0 Å². The lowest BCUT2D eigenvalue weighted by Crippen LogP contribution is -2.38. The first-order valence-corrected chi connectivity index (χ1v) is 10.6. The van der Waals surface area contributed by atoms with Crippen LogP contribution < -0.4 is 5.32 Å². The van der Waals surface area contributed by atoms with Gasteiger partial charge < -0.3 is 5.32 Å². The highest BCUT2D eigenvalue weighted by Crippen LogP contribution is 2.41. The number of nitrogens with one attached hydrogen (secondary N) is 1. The number of benzene rings is 1. The first-order chi connectivity index (χ1) is 12.2. The molecule has 2 saturated carbocycles. The molecule has 1 heterocycles. The number of sulfonamides is 1. The maximum atomic E-state index is 12.8. The number of rotatable bonds is 5. The largest absolute Gasteiger partial charge is 0.416 e. The summed E-state index contributed by atoms with van der Waals surface area (Å²) < 4.78 is 65.2. The zero-order valence-corrected chi connectivity index (χ0v) is 15.2. The molecule has 0 bridgehead atoms. The Balaban J connectivity index is 1.45. The number of alkyl halides is 3. The molecule has 3 atom stereocenters. The molecule has 0 amide bonds. The van der Waals surface area contributed by atoms with Crippen LogP contribution in [0.4, 0.5) is 13.2 Å². The summed E-state index contributed by atoms with van der Waals surface area (Å²) in [5, 5.41) is 3.60. The maximum absolute atomic E-state index is 12.8. The molecule has 3 aliphatic rings. The highest BCUT2D eigenvalue weighted by Gasteiger charge is 2.46. The molecule has 3 fully saturated rings. The predicted molar refractivity (Wildman–Crippen MR) is 90.9 cm³/mol. The summed E-state index contributed by atoms with van der Waals surface area (Å²) in [6.45, 7) is 1.94. The van der Waals surface area contributed by atoms with E-state index in [0.717, 1.165) is 49.6 Å². The molecule has 2 aliphatic carbocycles. The van der Waals surface area contributed by atoms with Crippen molar-refractivity contribution in [2.24, 2.45) is 17.8 Å². The van der Waals surface area contributed by atoms with Crippen molar-refractivity contribution >= 4 is 10.0 Å². The summed E-state index contributed by atoms with van der Waals surface area (Å²) >= 11 is 0. The third-order valence-electron chi connectivity index (χ3n) is 6.01. The number of halogens is 3. The minimum absolute atomic E-state index is 0.0621. The van der Waals surface area contributed by atoms with Gasteiger partial charge in [0.15, 0.2) is 0 Å². The van der Waals surface area contributed by atoms with Crippen molar-refractivity contribution in [3.8, 4) is 0 Å². The van der Waals surface area contributed by atoms with Crippen molar-refractivity contribution in [3.05, 3.63) is 29.8 Å². The fourth-order valence-electron chi connectivity index (χ4n) is 4.28. The lowest BCUT2D eigenvalue weighted by atomic mass is 9.98. The molecule has 144 valence electrons. The predicted octanol–water partition coefficient (Wildman–Crippen LogP) is 3.10. The van der Waals surface area contributed by atoms with Gasteiger partial charge in [-0.15, -0.1) is 0 Å². The van der Waals surface area contributed by atoms with Gasteiger partial charge in [-0.2, -0.15) is 17.5 Å². The third-order valence-corrected chi connectivity index (χ3v) is 7.85. The minimum atomic E-state index is -4.46. The van der Waals surface area contributed by atoms with Crippen LogP contribution in [0.25, 0.3) is 0 Å². The Bertz CT molecular complexity index is 760. The topological polar surface area (TPSA) is 49.4 Å². The van der Waals surface area contributed by atoms with Gasteiger partial charge in [-0.25, -0.2) is 8.42 Å². The zero-order chi connectivity index (χ0) is 18.5. The summed E-state index contributed by atoms with van der Waals surface area (Å²) in [7, 11) is -3.75. The van der Waals surface area contributed by atoms with Crippen LogP contribution in [0.3, 0.4) is 0 Å². The van der Waals surface area contributed by atoms with E-state index in [1.807, 2.05) is 0 Å². The van der Waals surface area contributed by atoms with Gasteiger partial charge in [0.1, 0.15) is 0 Å². The van der Waals surface area contributed by atoms with Crippen LogP contribution in [0.2, 0.25) is 0 Å². The van der Waals surface area contributed by atoms with E-state index in [1.165, 1.54) is 17.1 Å². The molecule has 3 unspecified atom stereocenters. The fraction of sp³-hybridized carbons (Fsp3) is 0.667. The van der Waals surface area contributed by atoms with Crippen LogP contribution in [0.5, 0.6) is 0 Å². The highest BCUT2D eigenvalue weighted by atomic mass is 32.2. The van der Waals surface area contributed by atoms with Gasteiger partial charge in [-0.1, -0.05) is 0 Å². The van der Waals surface area contributed by atoms with Crippen LogP contribution in [-0.2, 0) is 16.2 Å². The van der Waals surface area contributed by atoms with Crippen molar-refractivity contribution in [1.29, 1.82) is 0 Å². The summed E-state index contributed by atoms with van der Waals surface area (Å²) in [4.78, 5) is -0.0621. The Labute approximate surface area is 151 Å². The SMILES string of the molecule is O=S(=O)(c1ccc(C(F)(F)F)cc1)N1CC2CCC(NCC3CC3)C2C1. The molecular weight excluding hydrogens is 365 g/mol. The minimum Gasteiger partial charge on any atom is -0.313 e. The molecular formula is C18H23F3N2O2S. The molecule has 1 aliphatic heterocycles. The Kier molecular flexibility index (Phi) is 4.56. The quantitative estimate of drug-likeness (QED) is 0.843. The monoisotopic (exact) mass is 388 g/mol. The third kappa shape index (κ3) is 3.51. The van der Waals surface area contributed by atoms with Gasteiger partial charge in [-0.05, 0) is 74.2 Å². The van der Waals surface area contributed by atoms with Crippen molar-refractivity contribution in [2.45, 2.75) is 42.8 Å². The average molecular weight is 388 g/mol. The number of nitrogens with zero attached hydrogens (tertiary/aromatic N) is 1. The Hall–Kier alpha value is -1.12. The lowest BCUT2D eigenvalue weighted by molar-refractivity contribution is -0.137. The molecule has 1 N–H and O–H groups in total. The van der Waals surface area contributed by atoms with Crippen LogP contribution in [0, 0.1) is 17.8 Å². The average Bonchev–Trinajstić information content (AvgIpc) is 3.18. The Morgan fingerprint density at radius 1 is 1.04 bits per heavy atom. The highest BCUT2D eigenvalue weighted by molar-refractivity contribution is 7.89. The van der Waals surface area contributed by atoms with Gasteiger partial charge in [0.25, 0.3) is 0 Å². The molecule has 26 heavy (non-hydrogen) atoms. The van der Waals surface area contributed by atoms with E-state index in [0.29, 0.717) is 31.0 Å². The van der Waals surface area contributed by atoms with E-state index < -0.39 is 21.8 Å². The maximum Gasteiger partial charge on any atom is 0.416 e. The van der Waals surface area contributed by atoms with E-state index in [9.17, 15) is 21.6 Å². The van der Waals surface area contributed by atoms with Gasteiger partial charge in [0.2, 0.25) is 10.0 Å². The van der Waals surface area contributed by atoms with Gasteiger partial charge >= 0.3 is 6.18 Å². The smallest absolute Gasteiger partial charge is 0.313 e. The molecule has 0 spiro atoms. The second kappa shape index (κ2) is 6.49. The summed E-state index contributed by atoms with van der Waals surface area (Å²) in [6.07, 6.45) is 0.181. The van der Waals surface area contributed by atoms with E-state index in [2.05, 4.69) is 5.32 Å². The van der Waals surface area contributed by atoms with Gasteiger partial charge in [0, 0.05) is 19.1 Å². The normalized spacial score (nSPS) is 29.9. The second-order valence-corrected chi connectivity index (χ2v) is 9.74. The molecule has 1 saturated heterocycles.